The largest absolute Gasteiger partial charge is 0.480 e. The van der Waals surface area contributed by atoms with Crippen molar-refractivity contribution in [1.82, 2.24) is 4.90 Å². The highest BCUT2D eigenvalue weighted by molar-refractivity contribution is 5.99. The van der Waals surface area contributed by atoms with Gasteiger partial charge in [-0.2, -0.15) is 0 Å². The summed E-state index contributed by atoms with van der Waals surface area (Å²) in [7, 11) is 0. The van der Waals surface area contributed by atoms with Crippen LogP contribution in [-0.4, -0.2) is 22.9 Å². The Labute approximate surface area is 199 Å². The van der Waals surface area contributed by atoms with E-state index in [0.717, 1.165) is 30.5 Å². The fourth-order valence-corrected chi connectivity index (χ4v) is 4.93. The number of ether oxygens (including phenoxy) is 1. The van der Waals surface area contributed by atoms with Crippen LogP contribution in [-0.2, 0) is 17.8 Å². The Morgan fingerprint density at radius 2 is 1.74 bits per heavy atom. The number of benzene rings is 3. The Kier molecular flexibility index (Phi) is 6.21. The lowest BCUT2D eigenvalue weighted by atomic mass is 9.86. The first-order chi connectivity index (χ1) is 16.6. The molecule has 0 saturated heterocycles. The van der Waals surface area contributed by atoms with Gasteiger partial charge in [0.25, 0.3) is 5.91 Å². The van der Waals surface area contributed by atoms with Crippen LogP contribution in [0.1, 0.15) is 48.9 Å². The van der Waals surface area contributed by atoms with E-state index in [9.17, 15) is 9.59 Å². The SMILES string of the molecule is CC[C@@H]1Oc2ccc(NC(=O)Nc3ccccc3)cc2CN([C@H]2CCCc3ccccc32)C1=O. The highest BCUT2D eigenvalue weighted by atomic mass is 16.5. The molecule has 1 aliphatic heterocycles. The van der Waals surface area contributed by atoms with Gasteiger partial charge in [0.05, 0.1) is 12.6 Å². The molecule has 0 radical (unpaired) electrons. The molecule has 0 fully saturated rings. The number of anilines is 2. The first-order valence-corrected chi connectivity index (χ1v) is 11.9. The lowest BCUT2D eigenvalue weighted by Crippen LogP contribution is -2.42. The number of carbonyl (C=O) groups is 2. The highest BCUT2D eigenvalue weighted by Crippen LogP contribution is 2.39. The van der Waals surface area contributed by atoms with E-state index >= 15 is 0 Å². The second-order valence-corrected chi connectivity index (χ2v) is 8.86. The summed E-state index contributed by atoms with van der Waals surface area (Å²) >= 11 is 0. The van der Waals surface area contributed by atoms with Crippen LogP contribution in [0.4, 0.5) is 16.2 Å². The molecule has 0 spiro atoms. The molecule has 0 aromatic heterocycles. The summed E-state index contributed by atoms with van der Waals surface area (Å²) in [6.07, 6.45) is 3.12. The van der Waals surface area contributed by atoms with Crippen molar-refractivity contribution >= 4 is 23.3 Å². The third-order valence-corrected chi connectivity index (χ3v) is 6.60. The molecule has 3 aromatic carbocycles. The van der Waals surface area contributed by atoms with Gasteiger partial charge in [0.15, 0.2) is 6.10 Å². The van der Waals surface area contributed by atoms with Crippen molar-refractivity contribution in [2.75, 3.05) is 10.6 Å². The van der Waals surface area contributed by atoms with Crippen LogP contribution in [0.2, 0.25) is 0 Å². The van der Waals surface area contributed by atoms with Crippen molar-refractivity contribution in [2.24, 2.45) is 0 Å². The summed E-state index contributed by atoms with van der Waals surface area (Å²) < 4.78 is 6.16. The zero-order valence-corrected chi connectivity index (χ0v) is 19.3. The molecule has 3 aromatic rings. The van der Waals surface area contributed by atoms with Crippen molar-refractivity contribution in [3.05, 3.63) is 89.5 Å². The van der Waals surface area contributed by atoms with E-state index in [1.54, 1.807) is 0 Å². The number of hydrogen-bond acceptors (Lipinski definition) is 3. The number of fused-ring (bicyclic) bond motifs is 2. The number of urea groups is 1. The normalized spacial score (nSPS) is 19.3. The third-order valence-electron chi connectivity index (χ3n) is 6.60. The lowest BCUT2D eigenvalue weighted by Gasteiger charge is -2.36. The second-order valence-electron chi connectivity index (χ2n) is 8.86. The topological polar surface area (TPSA) is 70.7 Å². The highest BCUT2D eigenvalue weighted by Gasteiger charge is 2.36. The molecule has 6 heteroatoms. The van der Waals surface area contributed by atoms with Gasteiger partial charge < -0.3 is 20.3 Å². The molecule has 5 rings (SSSR count). The molecule has 1 aliphatic carbocycles. The van der Waals surface area contributed by atoms with E-state index < -0.39 is 6.10 Å². The van der Waals surface area contributed by atoms with E-state index in [2.05, 4.69) is 34.9 Å². The van der Waals surface area contributed by atoms with Crippen LogP contribution < -0.4 is 15.4 Å². The Morgan fingerprint density at radius 1 is 0.971 bits per heavy atom. The number of amides is 3. The minimum atomic E-state index is -0.518. The average molecular weight is 456 g/mol. The molecule has 2 aliphatic rings. The number of nitrogens with one attached hydrogen (secondary N) is 2. The van der Waals surface area contributed by atoms with Crippen molar-refractivity contribution < 1.29 is 14.3 Å². The van der Waals surface area contributed by atoms with E-state index in [4.69, 9.17) is 4.74 Å². The molecular formula is C28H29N3O3. The maximum Gasteiger partial charge on any atom is 0.323 e. The van der Waals surface area contributed by atoms with E-state index in [-0.39, 0.29) is 18.0 Å². The lowest BCUT2D eigenvalue weighted by molar-refractivity contribution is -0.141. The maximum absolute atomic E-state index is 13.5. The summed E-state index contributed by atoms with van der Waals surface area (Å²) in [5.74, 6) is 0.720. The molecular weight excluding hydrogens is 426 g/mol. The van der Waals surface area contributed by atoms with Crippen molar-refractivity contribution in [3.8, 4) is 5.75 Å². The zero-order valence-electron chi connectivity index (χ0n) is 19.3. The second kappa shape index (κ2) is 9.59. The van der Waals surface area contributed by atoms with E-state index in [1.807, 2.05) is 60.4 Å². The number of carbonyl (C=O) groups excluding carboxylic acids is 2. The first-order valence-electron chi connectivity index (χ1n) is 11.9. The van der Waals surface area contributed by atoms with Gasteiger partial charge in [-0.05, 0) is 67.1 Å². The number of nitrogens with zero attached hydrogens (tertiary/aromatic N) is 1. The Bertz CT molecular complexity index is 1190. The summed E-state index contributed by atoms with van der Waals surface area (Å²) in [6.45, 7) is 2.42. The number of hydrogen-bond donors (Lipinski definition) is 2. The third kappa shape index (κ3) is 4.49. The smallest absolute Gasteiger partial charge is 0.323 e. The van der Waals surface area contributed by atoms with Crippen molar-refractivity contribution in [3.63, 3.8) is 0 Å². The standard InChI is InChI=1S/C28H29N3O3/c1-2-25-27(32)31(24-14-8-10-19-9-6-7-13-23(19)24)18-20-17-22(15-16-26(20)34-25)30-28(33)29-21-11-4-3-5-12-21/h3-7,9,11-13,15-17,24-25H,2,8,10,14,18H2,1H3,(H2,29,30,33)/t24-,25-/m0/s1. The molecule has 34 heavy (non-hydrogen) atoms. The summed E-state index contributed by atoms with van der Waals surface area (Å²) in [5.41, 5.74) is 4.82. The van der Waals surface area contributed by atoms with Gasteiger partial charge in [-0.15, -0.1) is 0 Å². The monoisotopic (exact) mass is 455 g/mol. The Morgan fingerprint density at radius 3 is 2.56 bits per heavy atom. The van der Waals surface area contributed by atoms with Gasteiger partial charge >= 0.3 is 6.03 Å². The minimum absolute atomic E-state index is 0.0248. The van der Waals surface area contributed by atoms with E-state index in [1.165, 1.54) is 11.1 Å². The Hall–Kier alpha value is -3.80. The molecule has 174 valence electrons. The van der Waals surface area contributed by atoms with Crippen molar-refractivity contribution in [2.45, 2.75) is 51.3 Å². The molecule has 2 atom stereocenters. The number of aryl methyl sites for hydroxylation is 1. The van der Waals surface area contributed by atoms with Crippen LogP contribution in [0.5, 0.6) is 5.75 Å². The van der Waals surface area contributed by atoms with Crippen LogP contribution in [0.15, 0.2) is 72.8 Å². The number of rotatable bonds is 4. The molecule has 0 bridgehead atoms. The first kappa shape index (κ1) is 22.0. The minimum Gasteiger partial charge on any atom is -0.480 e. The quantitative estimate of drug-likeness (QED) is 0.514. The predicted molar refractivity (Wildman–Crippen MR) is 133 cm³/mol. The molecule has 2 N–H and O–H groups in total. The predicted octanol–water partition coefficient (Wildman–Crippen LogP) is 5.91. The van der Waals surface area contributed by atoms with Crippen LogP contribution >= 0.6 is 0 Å². The number of para-hydroxylation sites is 1. The zero-order chi connectivity index (χ0) is 23.5. The van der Waals surface area contributed by atoms with Crippen LogP contribution in [0.3, 0.4) is 0 Å². The fourth-order valence-electron chi connectivity index (χ4n) is 4.93. The Balaban J connectivity index is 1.42. The fraction of sp³-hybridized carbons (Fsp3) is 0.286. The molecule has 6 nitrogen and oxygen atoms in total. The van der Waals surface area contributed by atoms with Gasteiger partial charge in [0.2, 0.25) is 0 Å². The van der Waals surface area contributed by atoms with Gasteiger partial charge in [-0.3, -0.25) is 4.79 Å². The maximum atomic E-state index is 13.5. The molecule has 1 heterocycles. The van der Waals surface area contributed by atoms with Crippen molar-refractivity contribution in [1.29, 1.82) is 0 Å². The summed E-state index contributed by atoms with van der Waals surface area (Å²) in [4.78, 5) is 28.0. The van der Waals surface area contributed by atoms with E-state index in [0.29, 0.717) is 24.4 Å². The molecule has 0 saturated carbocycles. The summed E-state index contributed by atoms with van der Waals surface area (Å²) in [5, 5.41) is 5.73. The van der Waals surface area contributed by atoms with Crippen LogP contribution in [0, 0.1) is 0 Å². The van der Waals surface area contributed by atoms with Crippen LogP contribution in [0.25, 0.3) is 0 Å². The molecule has 3 amide bonds. The van der Waals surface area contributed by atoms with Gasteiger partial charge in [0, 0.05) is 16.9 Å². The summed E-state index contributed by atoms with van der Waals surface area (Å²) in [6, 6.07) is 23.0. The molecule has 0 unspecified atom stereocenters. The average Bonchev–Trinajstić information content (AvgIpc) is 3.00. The van der Waals surface area contributed by atoms with Gasteiger partial charge in [-0.1, -0.05) is 49.4 Å². The van der Waals surface area contributed by atoms with Gasteiger partial charge in [-0.25, -0.2) is 4.79 Å². The van der Waals surface area contributed by atoms with Gasteiger partial charge in [0.1, 0.15) is 5.75 Å².